The first-order valence-corrected chi connectivity index (χ1v) is 13.2. The van der Waals surface area contributed by atoms with Crippen LogP contribution in [0.25, 0.3) is 0 Å². The summed E-state index contributed by atoms with van der Waals surface area (Å²) in [6.07, 6.45) is -0.865. The van der Waals surface area contributed by atoms with E-state index in [0.29, 0.717) is 12.2 Å². The predicted octanol–water partition coefficient (Wildman–Crippen LogP) is 0.532. The molecule has 1 unspecified atom stereocenters. The van der Waals surface area contributed by atoms with Crippen LogP contribution >= 0.6 is 0 Å². The van der Waals surface area contributed by atoms with E-state index in [1.807, 2.05) is 42.5 Å². The summed E-state index contributed by atoms with van der Waals surface area (Å²) in [7, 11) is -3.84. The van der Waals surface area contributed by atoms with Crippen molar-refractivity contribution in [2.75, 3.05) is 17.4 Å². The fourth-order valence-corrected chi connectivity index (χ4v) is 5.74. The van der Waals surface area contributed by atoms with E-state index >= 15 is 0 Å². The lowest BCUT2D eigenvalue weighted by Gasteiger charge is -2.29. The summed E-state index contributed by atoms with van der Waals surface area (Å²) in [4.78, 5) is 1.36. The molecule has 0 heterocycles. The second-order valence-corrected chi connectivity index (χ2v) is 10.5. The maximum absolute atomic E-state index is 13.5. The van der Waals surface area contributed by atoms with Crippen molar-refractivity contribution >= 4 is 15.7 Å². The number of nitrogens with one attached hydrogen (secondary N) is 1. The number of anilines is 1. The topological polar surface area (TPSA) is 62.0 Å². The van der Waals surface area contributed by atoms with Crippen LogP contribution in [-0.4, -0.2) is 32.7 Å². The fourth-order valence-electron chi connectivity index (χ4n) is 4.22. The molecule has 0 aromatic heterocycles. The van der Waals surface area contributed by atoms with Crippen LogP contribution in [0.3, 0.4) is 0 Å². The summed E-state index contributed by atoms with van der Waals surface area (Å²) >= 11 is 0. The molecule has 36 heavy (non-hydrogen) atoms. The molecule has 5 nitrogen and oxygen atoms in total. The number of hydrogen-bond acceptors (Lipinski definition) is 3. The van der Waals surface area contributed by atoms with Gasteiger partial charge in [-0.3, -0.25) is 4.31 Å². The summed E-state index contributed by atoms with van der Waals surface area (Å²) in [5.74, 6) is 0. The molecule has 0 radical (unpaired) electrons. The predicted molar refractivity (Wildman–Crippen MR) is 140 cm³/mol. The third kappa shape index (κ3) is 7.42. The number of sulfonamides is 1. The normalized spacial score (nSPS) is 12.1. The van der Waals surface area contributed by atoms with Crippen molar-refractivity contribution in [3.63, 3.8) is 0 Å². The van der Waals surface area contributed by atoms with E-state index in [9.17, 15) is 13.5 Å². The molecule has 0 aliphatic carbocycles. The van der Waals surface area contributed by atoms with Gasteiger partial charge in [0, 0.05) is 11.1 Å². The Balaban J connectivity index is 0.00000361. The van der Waals surface area contributed by atoms with Crippen LogP contribution in [0.1, 0.15) is 11.1 Å². The molecule has 0 aliphatic heterocycles. The average molecular weight is 523 g/mol. The van der Waals surface area contributed by atoms with Gasteiger partial charge in [0.05, 0.1) is 17.1 Å². The number of aliphatic hydroxyl groups excluding tert-OH is 1. The highest BCUT2D eigenvalue weighted by atomic mass is 35.5. The van der Waals surface area contributed by atoms with Crippen molar-refractivity contribution in [1.29, 1.82) is 0 Å². The van der Waals surface area contributed by atoms with E-state index < -0.39 is 16.1 Å². The van der Waals surface area contributed by atoms with Gasteiger partial charge in [0.2, 0.25) is 0 Å². The van der Waals surface area contributed by atoms with Gasteiger partial charge in [0.15, 0.2) is 0 Å². The van der Waals surface area contributed by atoms with Gasteiger partial charge in [0.1, 0.15) is 25.7 Å². The number of aliphatic hydroxyl groups is 1. The zero-order valence-electron chi connectivity index (χ0n) is 19.9. The van der Waals surface area contributed by atoms with Crippen molar-refractivity contribution < 1.29 is 30.8 Å². The quantitative estimate of drug-likeness (QED) is 0.302. The number of para-hydroxylation sites is 1. The highest BCUT2D eigenvalue weighted by molar-refractivity contribution is 7.92. The first kappa shape index (κ1) is 27.4. The number of halogens is 1. The van der Waals surface area contributed by atoms with Crippen LogP contribution < -0.4 is 21.6 Å². The van der Waals surface area contributed by atoms with Crippen LogP contribution in [0, 0.1) is 0 Å². The van der Waals surface area contributed by atoms with Gasteiger partial charge >= 0.3 is 0 Å². The molecule has 0 fully saturated rings. The highest BCUT2D eigenvalue weighted by Crippen LogP contribution is 2.23. The molecule has 7 heteroatoms. The molecule has 4 aromatic rings. The molecule has 0 amide bonds. The van der Waals surface area contributed by atoms with Crippen molar-refractivity contribution in [2.24, 2.45) is 0 Å². The Kier molecular flexibility index (Phi) is 10.1. The Morgan fingerprint density at radius 2 is 1.08 bits per heavy atom. The Bertz CT molecular complexity index is 1230. The van der Waals surface area contributed by atoms with Gasteiger partial charge in [-0.25, -0.2) is 8.42 Å². The van der Waals surface area contributed by atoms with Crippen LogP contribution in [0.4, 0.5) is 5.69 Å². The van der Waals surface area contributed by atoms with E-state index in [-0.39, 0.29) is 23.8 Å². The monoisotopic (exact) mass is 522 g/mol. The minimum atomic E-state index is -3.84. The van der Waals surface area contributed by atoms with E-state index in [2.05, 4.69) is 24.3 Å². The number of nitrogens with zero attached hydrogens (tertiary/aromatic N) is 1. The van der Waals surface area contributed by atoms with Crippen molar-refractivity contribution in [2.45, 2.75) is 24.1 Å². The van der Waals surface area contributed by atoms with Gasteiger partial charge in [-0.05, 0) is 24.3 Å². The van der Waals surface area contributed by atoms with E-state index in [0.717, 1.165) is 18.0 Å². The van der Waals surface area contributed by atoms with Gasteiger partial charge in [-0.15, -0.1) is 0 Å². The molecule has 0 saturated heterocycles. The van der Waals surface area contributed by atoms with E-state index in [1.165, 1.54) is 15.4 Å². The Labute approximate surface area is 220 Å². The third-order valence-corrected chi connectivity index (χ3v) is 7.68. The molecule has 4 rings (SSSR count). The highest BCUT2D eigenvalue weighted by Gasteiger charge is 2.28. The Morgan fingerprint density at radius 1 is 0.667 bits per heavy atom. The van der Waals surface area contributed by atoms with Crippen LogP contribution in [0.5, 0.6) is 0 Å². The minimum Gasteiger partial charge on any atom is -1.00 e. The van der Waals surface area contributed by atoms with Crippen LogP contribution in [-0.2, 0) is 23.1 Å². The molecule has 1 atom stereocenters. The average Bonchev–Trinajstić information content (AvgIpc) is 2.89. The van der Waals surface area contributed by atoms with Gasteiger partial charge < -0.3 is 22.4 Å². The SMILES string of the molecule is O=S(=O)(c1ccccc1)N(CC(O)C[NH+](Cc1ccccc1)Cc1ccccc1)c1ccccc1.[Cl-]. The molecular formula is C29H31ClN2O3S. The maximum atomic E-state index is 13.5. The first-order valence-electron chi connectivity index (χ1n) is 11.7. The largest absolute Gasteiger partial charge is 1.00 e. The third-order valence-electron chi connectivity index (χ3n) is 5.87. The van der Waals surface area contributed by atoms with Crippen LogP contribution in [0.15, 0.2) is 126 Å². The molecule has 0 saturated carbocycles. The molecule has 0 aliphatic rings. The van der Waals surface area contributed by atoms with Crippen molar-refractivity contribution in [3.8, 4) is 0 Å². The minimum absolute atomic E-state index is 0. The van der Waals surface area contributed by atoms with Gasteiger partial charge in [-0.2, -0.15) is 0 Å². The maximum Gasteiger partial charge on any atom is 0.264 e. The van der Waals surface area contributed by atoms with Crippen molar-refractivity contribution in [3.05, 3.63) is 132 Å². The molecule has 0 bridgehead atoms. The Hall–Kier alpha value is -3.16. The van der Waals surface area contributed by atoms with Crippen molar-refractivity contribution in [1.82, 2.24) is 0 Å². The zero-order chi connectivity index (χ0) is 24.5. The molecule has 0 spiro atoms. The number of rotatable bonds is 11. The number of hydrogen-bond donors (Lipinski definition) is 2. The lowest BCUT2D eigenvalue weighted by Crippen LogP contribution is -3.10. The van der Waals surface area contributed by atoms with E-state index in [1.54, 1.807) is 54.6 Å². The number of quaternary nitrogens is 1. The lowest BCUT2D eigenvalue weighted by molar-refractivity contribution is -0.930. The second kappa shape index (κ2) is 13.2. The smallest absolute Gasteiger partial charge is 0.264 e. The fraction of sp³-hybridized carbons (Fsp3) is 0.172. The summed E-state index contributed by atoms with van der Waals surface area (Å²) in [6.45, 7) is 1.82. The summed E-state index contributed by atoms with van der Waals surface area (Å²) in [6, 6.07) is 37.7. The Morgan fingerprint density at radius 3 is 1.56 bits per heavy atom. The molecule has 188 valence electrons. The number of benzene rings is 4. The van der Waals surface area contributed by atoms with Gasteiger partial charge in [-0.1, -0.05) is 97.1 Å². The zero-order valence-corrected chi connectivity index (χ0v) is 21.5. The van der Waals surface area contributed by atoms with E-state index in [4.69, 9.17) is 0 Å². The first-order chi connectivity index (χ1) is 17.0. The molecule has 2 N–H and O–H groups in total. The summed E-state index contributed by atoms with van der Waals surface area (Å²) in [5, 5.41) is 11.2. The molecule has 4 aromatic carbocycles. The lowest BCUT2D eigenvalue weighted by atomic mass is 10.1. The second-order valence-electron chi connectivity index (χ2n) is 8.62. The van der Waals surface area contributed by atoms with Gasteiger partial charge in [0.25, 0.3) is 10.0 Å². The summed E-state index contributed by atoms with van der Waals surface area (Å²) in [5.41, 5.74) is 2.87. The molecular weight excluding hydrogens is 492 g/mol. The summed E-state index contributed by atoms with van der Waals surface area (Å²) < 4.78 is 28.4. The standard InChI is InChI=1S/C29H30N2O3S.ClH/c32-28(23-30(21-25-13-5-1-6-14-25)22-26-15-7-2-8-16-26)24-31(27-17-9-3-10-18-27)35(33,34)29-19-11-4-12-20-29;/h1-20,28,32H,21-24H2;1H. The van der Waals surface area contributed by atoms with Crippen LogP contribution in [0.2, 0.25) is 0 Å².